The summed E-state index contributed by atoms with van der Waals surface area (Å²) in [6.07, 6.45) is 1.03. The SMILES string of the molecule is CCc1ccc(OCc2nnc(SCc3csc(-c4cccs4)n3)n2CC(C)C)cc1. The maximum absolute atomic E-state index is 5.99. The van der Waals surface area contributed by atoms with Gasteiger partial charge in [-0.15, -0.1) is 32.9 Å². The van der Waals surface area contributed by atoms with Crippen LogP contribution in [0.5, 0.6) is 5.75 Å². The van der Waals surface area contributed by atoms with E-state index in [9.17, 15) is 0 Å². The highest BCUT2D eigenvalue weighted by molar-refractivity contribution is 7.98. The molecule has 0 amide bonds. The average Bonchev–Trinajstić information content (AvgIpc) is 3.52. The quantitative estimate of drug-likeness (QED) is 0.246. The maximum atomic E-state index is 5.99. The molecule has 8 heteroatoms. The predicted octanol–water partition coefficient (Wildman–Crippen LogP) is 6.55. The van der Waals surface area contributed by atoms with Crippen molar-refractivity contribution in [2.45, 2.75) is 51.3 Å². The molecule has 162 valence electrons. The van der Waals surface area contributed by atoms with Crippen molar-refractivity contribution < 1.29 is 4.74 Å². The van der Waals surface area contributed by atoms with E-state index in [1.54, 1.807) is 34.4 Å². The molecule has 3 heterocycles. The first-order valence-corrected chi connectivity index (χ1v) is 13.1. The molecule has 0 radical (unpaired) electrons. The molecule has 1 aromatic carbocycles. The van der Waals surface area contributed by atoms with Crippen molar-refractivity contribution in [1.82, 2.24) is 19.7 Å². The second kappa shape index (κ2) is 10.4. The van der Waals surface area contributed by atoms with Crippen molar-refractivity contribution in [1.29, 1.82) is 0 Å². The van der Waals surface area contributed by atoms with Gasteiger partial charge in [-0.05, 0) is 41.5 Å². The monoisotopic (exact) mass is 470 g/mol. The van der Waals surface area contributed by atoms with Gasteiger partial charge in [0.25, 0.3) is 0 Å². The first-order valence-electron chi connectivity index (χ1n) is 10.4. The Kier molecular flexibility index (Phi) is 7.42. The number of aromatic nitrogens is 4. The smallest absolute Gasteiger partial charge is 0.191 e. The van der Waals surface area contributed by atoms with Crippen LogP contribution < -0.4 is 4.74 Å². The second-order valence-corrected chi connectivity index (χ2v) is 10.3. The fourth-order valence-electron chi connectivity index (χ4n) is 3.08. The average molecular weight is 471 g/mol. The summed E-state index contributed by atoms with van der Waals surface area (Å²) in [5, 5.41) is 15.1. The summed E-state index contributed by atoms with van der Waals surface area (Å²) in [6, 6.07) is 12.4. The molecule has 0 saturated heterocycles. The van der Waals surface area contributed by atoms with E-state index >= 15 is 0 Å². The van der Waals surface area contributed by atoms with Crippen LogP contribution in [0, 0.1) is 5.92 Å². The number of hydrogen-bond acceptors (Lipinski definition) is 7. The number of thiazole rings is 1. The summed E-state index contributed by atoms with van der Waals surface area (Å²) >= 11 is 5.10. The molecule has 0 unspecified atom stereocenters. The van der Waals surface area contributed by atoms with Gasteiger partial charge in [0, 0.05) is 17.7 Å². The van der Waals surface area contributed by atoms with Crippen molar-refractivity contribution in [3.8, 4) is 15.6 Å². The van der Waals surface area contributed by atoms with Crippen molar-refractivity contribution in [2.24, 2.45) is 5.92 Å². The van der Waals surface area contributed by atoms with E-state index in [0.29, 0.717) is 12.5 Å². The van der Waals surface area contributed by atoms with E-state index in [2.05, 4.69) is 70.6 Å². The third-order valence-electron chi connectivity index (χ3n) is 4.67. The fraction of sp³-hybridized carbons (Fsp3) is 0.348. The van der Waals surface area contributed by atoms with E-state index in [1.165, 1.54) is 10.4 Å². The zero-order valence-corrected chi connectivity index (χ0v) is 20.4. The molecule has 0 aliphatic rings. The van der Waals surface area contributed by atoms with Gasteiger partial charge in [0.1, 0.15) is 17.4 Å². The minimum Gasteiger partial charge on any atom is -0.486 e. The normalized spacial score (nSPS) is 11.4. The lowest BCUT2D eigenvalue weighted by atomic mass is 10.2. The van der Waals surface area contributed by atoms with E-state index in [0.717, 1.165) is 46.2 Å². The van der Waals surface area contributed by atoms with Crippen LogP contribution in [0.2, 0.25) is 0 Å². The summed E-state index contributed by atoms with van der Waals surface area (Å²) in [7, 11) is 0. The Hall–Kier alpha value is -2.16. The standard InChI is InChI=1S/C23H26N4OS3/c1-4-17-7-9-19(10-8-17)28-13-21-25-26-23(27(21)12-16(2)3)31-15-18-14-30-22(24-18)20-6-5-11-29-20/h5-11,14,16H,4,12-13,15H2,1-3H3. The molecule has 0 aliphatic heterocycles. The summed E-state index contributed by atoms with van der Waals surface area (Å²) in [5.41, 5.74) is 2.38. The molecule has 3 aromatic heterocycles. The van der Waals surface area contributed by atoms with Crippen molar-refractivity contribution in [3.05, 3.63) is 64.2 Å². The first-order chi connectivity index (χ1) is 15.1. The van der Waals surface area contributed by atoms with E-state index < -0.39 is 0 Å². The maximum Gasteiger partial charge on any atom is 0.191 e. The Balaban J connectivity index is 1.43. The van der Waals surface area contributed by atoms with E-state index in [4.69, 9.17) is 9.72 Å². The fourth-order valence-corrected chi connectivity index (χ4v) is 5.67. The summed E-state index contributed by atoms with van der Waals surface area (Å²) in [5.74, 6) is 2.97. The number of thioether (sulfide) groups is 1. The number of thiophene rings is 1. The molecule has 0 bridgehead atoms. The number of hydrogen-bond donors (Lipinski definition) is 0. The Morgan fingerprint density at radius 3 is 2.65 bits per heavy atom. The van der Waals surface area contributed by atoms with Gasteiger partial charge in [0.2, 0.25) is 0 Å². The van der Waals surface area contributed by atoms with Crippen LogP contribution in [0.1, 0.15) is 37.9 Å². The summed E-state index contributed by atoms with van der Waals surface area (Å²) in [4.78, 5) is 6.00. The van der Waals surface area contributed by atoms with Gasteiger partial charge in [-0.1, -0.05) is 50.7 Å². The van der Waals surface area contributed by atoms with Crippen molar-refractivity contribution in [3.63, 3.8) is 0 Å². The Bertz CT molecular complexity index is 1080. The van der Waals surface area contributed by atoms with E-state index in [1.807, 2.05) is 12.1 Å². The predicted molar refractivity (Wildman–Crippen MR) is 130 cm³/mol. The van der Waals surface area contributed by atoms with Crippen LogP contribution in [0.3, 0.4) is 0 Å². The van der Waals surface area contributed by atoms with Gasteiger partial charge >= 0.3 is 0 Å². The third kappa shape index (κ3) is 5.75. The van der Waals surface area contributed by atoms with Crippen LogP contribution in [-0.4, -0.2) is 19.7 Å². The van der Waals surface area contributed by atoms with E-state index in [-0.39, 0.29) is 0 Å². The molecule has 5 nitrogen and oxygen atoms in total. The van der Waals surface area contributed by atoms with Gasteiger partial charge in [-0.2, -0.15) is 0 Å². The van der Waals surface area contributed by atoms with Crippen LogP contribution in [0.4, 0.5) is 0 Å². The largest absolute Gasteiger partial charge is 0.486 e. The zero-order valence-electron chi connectivity index (χ0n) is 17.9. The highest BCUT2D eigenvalue weighted by atomic mass is 32.2. The second-order valence-electron chi connectivity index (χ2n) is 7.60. The molecular weight excluding hydrogens is 444 g/mol. The minimum atomic E-state index is 0.408. The van der Waals surface area contributed by atoms with Crippen LogP contribution in [0.15, 0.2) is 52.3 Å². The van der Waals surface area contributed by atoms with Gasteiger partial charge in [0.15, 0.2) is 11.0 Å². The number of rotatable bonds is 10. The molecule has 0 aliphatic carbocycles. The number of nitrogens with zero attached hydrogens (tertiary/aromatic N) is 4. The first kappa shape index (κ1) is 22.0. The molecule has 0 N–H and O–H groups in total. The number of benzene rings is 1. The topological polar surface area (TPSA) is 52.8 Å². The lowest BCUT2D eigenvalue weighted by molar-refractivity contribution is 0.284. The minimum absolute atomic E-state index is 0.408. The molecule has 31 heavy (non-hydrogen) atoms. The van der Waals surface area contributed by atoms with Gasteiger partial charge in [-0.3, -0.25) is 0 Å². The molecule has 4 rings (SSSR count). The molecular formula is C23H26N4OS3. The van der Waals surface area contributed by atoms with Crippen molar-refractivity contribution >= 4 is 34.4 Å². The van der Waals surface area contributed by atoms with Crippen LogP contribution in [0.25, 0.3) is 9.88 Å². The van der Waals surface area contributed by atoms with Crippen LogP contribution in [-0.2, 0) is 25.3 Å². The summed E-state index contributed by atoms with van der Waals surface area (Å²) < 4.78 is 8.18. The Morgan fingerprint density at radius 2 is 1.94 bits per heavy atom. The molecule has 0 fully saturated rings. The number of aryl methyl sites for hydroxylation is 1. The van der Waals surface area contributed by atoms with Crippen molar-refractivity contribution in [2.75, 3.05) is 0 Å². The highest BCUT2D eigenvalue weighted by Crippen LogP contribution is 2.30. The Morgan fingerprint density at radius 1 is 1.10 bits per heavy atom. The molecule has 0 saturated carbocycles. The number of ether oxygens (including phenoxy) is 1. The van der Waals surface area contributed by atoms with Crippen LogP contribution >= 0.6 is 34.4 Å². The third-order valence-corrected chi connectivity index (χ3v) is 7.60. The Labute approximate surface area is 195 Å². The molecule has 4 aromatic rings. The summed E-state index contributed by atoms with van der Waals surface area (Å²) in [6.45, 7) is 7.83. The highest BCUT2D eigenvalue weighted by Gasteiger charge is 2.16. The van der Waals surface area contributed by atoms with Gasteiger partial charge in [-0.25, -0.2) is 4.98 Å². The molecule has 0 atom stereocenters. The lowest BCUT2D eigenvalue weighted by Crippen LogP contribution is -2.12. The van der Waals surface area contributed by atoms with Gasteiger partial charge < -0.3 is 9.30 Å². The zero-order chi connectivity index (χ0) is 21.6. The lowest BCUT2D eigenvalue weighted by Gasteiger charge is -2.13. The van der Waals surface area contributed by atoms with Gasteiger partial charge in [0.05, 0.1) is 10.6 Å². The molecule has 0 spiro atoms.